The lowest BCUT2D eigenvalue weighted by atomic mass is 9.97. The number of rotatable bonds is 5. The summed E-state index contributed by atoms with van der Waals surface area (Å²) in [6.45, 7) is 10.6. The van der Waals surface area contributed by atoms with Crippen molar-refractivity contribution in [2.24, 2.45) is 4.99 Å². The molecule has 0 saturated carbocycles. The number of hydrogen-bond donors (Lipinski definition) is 2. The monoisotopic (exact) mass is 389 g/mol. The fraction of sp³-hybridized carbons (Fsp3) is 0.562. The topological polar surface area (TPSA) is 36.4 Å². The molecule has 0 unspecified atom stereocenters. The average molecular weight is 389 g/mol. The second-order valence-corrected chi connectivity index (χ2v) is 5.05. The predicted molar refractivity (Wildman–Crippen MR) is 99.4 cm³/mol. The van der Waals surface area contributed by atoms with Gasteiger partial charge in [-0.2, -0.15) is 0 Å². The van der Waals surface area contributed by atoms with Gasteiger partial charge >= 0.3 is 0 Å². The lowest BCUT2D eigenvalue weighted by Crippen LogP contribution is -2.38. The summed E-state index contributed by atoms with van der Waals surface area (Å²) in [5.74, 6) is 0.893. The van der Waals surface area contributed by atoms with Crippen molar-refractivity contribution in [3.8, 4) is 0 Å². The van der Waals surface area contributed by atoms with Crippen LogP contribution in [-0.4, -0.2) is 26.1 Å². The van der Waals surface area contributed by atoms with Crippen molar-refractivity contribution in [2.75, 3.05) is 20.1 Å². The van der Waals surface area contributed by atoms with Crippen LogP contribution in [0.1, 0.15) is 35.6 Å². The zero-order valence-electron chi connectivity index (χ0n) is 13.3. The van der Waals surface area contributed by atoms with Gasteiger partial charge in [-0.15, -0.1) is 24.0 Å². The van der Waals surface area contributed by atoms with Crippen LogP contribution in [0.5, 0.6) is 0 Å². The zero-order valence-corrected chi connectivity index (χ0v) is 15.7. The molecule has 20 heavy (non-hydrogen) atoms. The maximum atomic E-state index is 4.21. The third-order valence-corrected chi connectivity index (χ3v) is 3.27. The van der Waals surface area contributed by atoms with E-state index in [1.165, 1.54) is 22.3 Å². The number of nitrogens with one attached hydrogen (secondary N) is 2. The number of halogens is 1. The van der Waals surface area contributed by atoms with E-state index in [-0.39, 0.29) is 24.0 Å². The van der Waals surface area contributed by atoms with Crippen molar-refractivity contribution < 1.29 is 0 Å². The Morgan fingerprint density at radius 1 is 1.05 bits per heavy atom. The Morgan fingerprint density at radius 2 is 1.60 bits per heavy atom. The Morgan fingerprint density at radius 3 is 2.10 bits per heavy atom. The molecular formula is C16H28IN3. The molecule has 2 N–H and O–H groups in total. The SMILES string of the molecule is CCCNC(=NC)NCCc1c(C)cc(C)cc1C.I. The van der Waals surface area contributed by atoms with Crippen LogP contribution in [-0.2, 0) is 6.42 Å². The number of benzene rings is 1. The number of aliphatic imine (C=N–C) groups is 1. The predicted octanol–water partition coefficient (Wildman–Crippen LogP) is 3.35. The van der Waals surface area contributed by atoms with E-state index in [0.717, 1.165) is 31.9 Å². The van der Waals surface area contributed by atoms with Crippen LogP contribution in [0.2, 0.25) is 0 Å². The molecule has 0 radical (unpaired) electrons. The van der Waals surface area contributed by atoms with E-state index in [0.29, 0.717) is 0 Å². The van der Waals surface area contributed by atoms with Crippen LogP contribution < -0.4 is 10.6 Å². The van der Waals surface area contributed by atoms with Gasteiger partial charge in [0.1, 0.15) is 0 Å². The molecule has 0 aliphatic carbocycles. The molecule has 1 aromatic rings. The summed E-state index contributed by atoms with van der Waals surface area (Å²) in [6, 6.07) is 4.51. The Labute approximate surface area is 140 Å². The molecule has 1 aromatic carbocycles. The smallest absolute Gasteiger partial charge is 0.190 e. The Hall–Kier alpha value is -0.780. The van der Waals surface area contributed by atoms with Gasteiger partial charge in [0, 0.05) is 20.1 Å². The molecule has 1 rings (SSSR count). The number of nitrogens with zero attached hydrogens (tertiary/aromatic N) is 1. The van der Waals surface area contributed by atoms with Crippen molar-refractivity contribution in [3.05, 3.63) is 34.4 Å². The van der Waals surface area contributed by atoms with Gasteiger partial charge in [-0.05, 0) is 50.3 Å². The Bertz CT molecular complexity index is 418. The standard InChI is InChI=1S/C16H27N3.HI/c1-6-8-18-16(17-5)19-9-7-15-13(3)10-12(2)11-14(15)4;/h10-11H,6-9H2,1-5H3,(H2,17,18,19);1H. The highest BCUT2D eigenvalue weighted by atomic mass is 127. The fourth-order valence-electron chi connectivity index (χ4n) is 2.37. The first-order valence-electron chi connectivity index (χ1n) is 7.09. The van der Waals surface area contributed by atoms with E-state index in [1.54, 1.807) is 0 Å². The van der Waals surface area contributed by atoms with Gasteiger partial charge in [0.25, 0.3) is 0 Å². The third-order valence-electron chi connectivity index (χ3n) is 3.27. The molecule has 0 saturated heterocycles. The van der Waals surface area contributed by atoms with E-state index >= 15 is 0 Å². The molecule has 4 heteroatoms. The Balaban J connectivity index is 0.00000361. The minimum absolute atomic E-state index is 0. The first kappa shape index (κ1) is 19.2. The van der Waals surface area contributed by atoms with Crippen LogP contribution in [0.15, 0.2) is 17.1 Å². The van der Waals surface area contributed by atoms with E-state index in [2.05, 4.69) is 55.5 Å². The lowest BCUT2D eigenvalue weighted by Gasteiger charge is -2.14. The minimum Gasteiger partial charge on any atom is -0.356 e. The second kappa shape index (κ2) is 10.0. The highest BCUT2D eigenvalue weighted by Crippen LogP contribution is 2.16. The van der Waals surface area contributed by atoms with Crippen LogP contribution >= 0.6 is 24.0 Å². The molecule has 114 valence electrons. The van der Waals surface area contributed by atoms with Gasteiger partial charge in [-0.3, -0.25) is 4.99 Å². The van der Waals surface area contributed by atoms with Gasteiger partial charge in [0.15, 0.2) is 5.96 Å². The molecule has 0 bridgehead atoms. The highest BCUT2D eigenvalue weighted by molar-refractivity contribution is 14.0. The van der Waals surface area contributed by atoms with Crippen molar-refractivity contribution in [2.45, 2.75) is 40.5 Å². The summed E-state index contributed by atoms with van der Waals surface area (Å²) in [6.07, 6.45) is 2.14. The highest BCUT2D eigenvalue weighted by Gasteiger charge is 2.04. The average Bonchev–Trinajstić information content (AvgIpc) is 2.36. The maximum Gasteiger partial charge on any atom is 0.190 e. The van der Waals surface area contributed by atoms with E-state index < -0.39 is 0 Å². The molecule has 0 atom stereocenters. The summed E-state index contributed by atoms with van der Waals surface area (Å²) in [5, 5.41) is 6.64. The number of guanidine groups is 1. The Kier molecular flexibility index (Phi) is 9.63. The summed E-state index contributed by atoms with van der Waals surface area (Å²) < 4.78 is 0. The van der Waals surface area contributed by atoms with E-state index in [1.807, 2.05) is 7.05 Å². The van der Waals surface area contributed by atoms with Crippen molar-refractivity contribution in [1.29, 1.82) is 0 Å². The van der Waals surface area contributed by atoms with Gasteiger partial charge in [-0.25, -0.2) is 0 Å². The first-order chi connectivity index (χ1) is 9.08. The maximum absolute atomic E-state index is 4.21. The van der Waals surface area contributed by atoms with Gasteiger partial charge in [0.2, 0.25) is 0 Å². The summed E-state index contributed by atoms with van der Waals surface area (Å²) >= 11 is 0. The third kappa shape index (κ3) is 6.11. The normalized spacial score (nSPS) is 10.9. The molecule has 0 heterocycles. The minimum atomic E-state index is 0. The molecule has 0 aliphatic rings. The summed E-state index contributed by atoms with van der Waals surface area (Å²) in [5.41, 5.74) is 5.56. The van der Waals surface area contributed by atoms with Crippen LogP contribution in [0.3, 0.4) is 0 Å². The van der Waals surface area contributed by atoms with E-state index in [4.69, 9.17) is 0 Å². The van der Waals surface area contributed by atoms with Gasteiger partial charge in [-0.1, -0.05) is 24.6 Å². The summed E-state index contributed by atoms with van der Waals surface area (Å²) in [4.78, 5) is 4.21. The van der Waals surface area contributed by atoms with Crippen LogP contribution in [0, 0.1) is 20.8 Å². The van der Waals surface area contributed by atoms with E-state index in [9.17, 15) is 0 Å². The quantitative estimate of drug-likeness (QED) is 0.461. The summed E-state index contributed by atoms with van der Waals surface area (Å²) in [7, 11) is 1.81. The van der Waals surface area contributed by atoms with Crippen LogP contribution in [0.4, 0.5) is 0 Å². The van der Waals surface area contributed by atoms with Crippen molar-refractivity contribution in [3.63, 3.8) is 0 Å². The number of hydrogen-bond acceptors (Lipinski definition) is 1. The largest absolute Gasteiger partial charge is 0.356 e. The lowest BCUT2D eigenvalue weighted by molar-refractivity contribution is 0.771. The first-order valence-corrected chi connectivity index (χ1v) is 7.09. The van der Waals surface area contributed by atoms with Crippen molar-refractivity contribution in [1.82, 2.24) is 10.6 Å². The van der Waals surface area contributed by atoms with Crippen LogP contribution in [0.25, 0.3) is 0 Å². The molecule has 0 aromatic heterocycles. The molecular weight excluding hydrogens is 361 g/mol. The number of aryl methyl sites for hydroxylation is 3. The molecule has 0 spiro atoms. The molecule has 0 fully saturated rings. The van der Waals surface area contributed by atoms with Gasteiger partial charge < -0.3 is 10.6 Å². The van der Waals surface area contributed by atoms with Gasteiger partial charge in [0.05, 0.1) is 0 Å². The molecule has 0 aliphatic heterocycles. The molecule has 0 amide bonds. The molecule has 3 nitrogen and oxygen atoms in total. The van der Waals surface area contributed by atoms with Crippen molar-refractivity contribution >= 4 is 29.9 Å². The second-order valence-electron chi connectivity index (χ2n) is 5.05. The fourth-order valence-corrected chi connectivity index (χ4v) is 2.37. The zero-order chi connectivity index (χ0) is 14.3.